The second kappa shape index (κ2) is 3.27. The van der Waals surface area contributed by atoms with Crippen LogP contribution in [0.1, 0.15) is 5.56 Å². The highest BCUT2D eigenvalue weighted by atomic mass is 16.5. The van der Waals surface area contributed by atoms with Crippen LogP contribution in [0.5, 0.6) is 0 Å². The Morgan fingerprint density at radius 2 is 1.86 bits per heavy atom. The van der Waals surface area contributed by atoms with Gasteiger partial charge in [-0.25, -0.2) is 0 Å². The first-order chi connectivity index (χ1) is 6.83. The fraction of sp³-hybridized carbons (Fsp3) is 0. The first kappa shape index (κ1) is 8.39. The number of rotatable bonds is 1. The van der Waals surface area contributed by atoms with E-state index in [1.807, 2.05) is 36.4 Å². The highest BCUT2D eigenvalue weighted by molar-refractivity contribution is 5.67. The minimum absolute atomic E-state index is 0.471. The van der Waals surface area contributed by atoms with E-state index in [0.29, 0.717) is 11.3 Å². The van der Waals surface area contributed by atoms with E-state index in [9.17, 15) is 5.21 Å². The summed E-state index contributed by atoms with van der Waals surface area (Å²) in [5.74, 6) is 0. The molecule has 0 atom stereocenters. The largest absolute Gasteiger partial charge is 0.428 e. The van der Waals surface area contributed by atoms with E-state index in [2.05, 4.69) is 0 Å². The van der Waals surface area contributed by atoms with Gasteiger partial charge >= 0.3 is 0 Å². The third-order valence-corrected chi connectivity index (χ3v) is 2.03. The Morgan fingerprint density at radius 1 is 1.14 bits per heavy atom. The summed E-state index contributed by atoms with van der Waals surface area (Å²) in [5.41, 5.74) is 1.84. The number of hydrogen-bond donors (Lipinski definition) is 1. The maximum absolute atomic E-state index is 9.48. The first-order valence-corrected chi connectivity index (χ1v) is 4.19. The smallest absolute Gasteiger partial charge is 0.104 e. The van der Waals surface area contributed by atoms with Crippen molar-refractivity contribution in [1.29, 1.82) is 5.26 Å². The summed E-state index contributed by atoms with van der Waals surface area (Å²) in [7, 11) is 0. The van der Waals surface area contributed by atoms with Crippen molar-refractivity contribution in [3.63, 3.8) is 0 Å². The molecule has 0 bridgehead atoms. The molecule has 3 heteroatoms. The average molecular weight is 184 g/mol. The van der Waals surface area contributed by atoms with Gasteiger partial charge in [0.1, 0.15) is 11.8 Å². The molecule has 0 saturated heterocycles. The normalized spacial score (nSPS) is 9.64. The monoisotopic (exact) mass is 184 g/mol. The molecule has 68 valence electrons. The van der Waals surface area contributed by atoms with Gasteiger partial charge in [0.05, 0.1) is 5.56 Å². The van der Waals surface area contributed by atoms with Crippen LogP contribution in [0.3, 0.4) is 0 Å². The van der Waals surface area contributed by atoms with Crippen molar-refractivity contribution in [1.82, 2.24) is 4.73 Å². The van der Waals surface area contributed by atoms with Crippen molar-refractivity contribution in [2.24, 2.45) is 0 Å². The number of nitrogens with zero attached hydrogens (tertiary/aromatic N) is 2. The standard InChI is InChI=1S/C11H8N2O/c12-8-10-6-7-13(14)11(10)9-4-2-1-3-5-9/h1-7,14H. The van der Waals surface area contributed by atoms with Crippen LogP contribution in [-0.2, 0) is 0 Å². The molecular weight excluding hydrogens is 176 g/mol. The van der Waals surface area contributed by atoms with E-state index in [-0.39, 0.29) is 0 Å². The number of hydrogen-bond acceptors (Lipinski definition) is 2. The third-order valence-electron chi connectivity index (χ3n) is 2.03. The molecule has 0 fully saturated rings. The van der Waals surface area contributed by atoms with Crippen LogP contribution in [0.4, 0.5) is 0 Å². The molecule has 3 nitrogen and oxygen atoms in total. The molecule has 0 radical (unpaired) electrons. The lowest BCUT2D eigenvalue weighted by molar-refractivity contribution is 0.192. The van der Waals surface area contributed by atoms with Crippen LogP contribution in [0.2, 0.25) is 0 Å². The van der Waals surface area contributed by atoms with Crippen molar-refractivity contribution in [2.75, 3.05) is 0 Å². The lowest BCUT2D eigenvalue weighted by Gasteiger charge is -2.01. The van der Waals surface area contributed by atoms with Crippen molar-refractivity contribution >= 4 is 0 Å². The van der Waals surface area contributed by atoms with E-state index in [1.54, 1.807) is 6.07 Å². The quantitative estimate of drug-likeness (QED) is 0.691. The first-order valence-electron chi connectivity index (χ1n) is 4.19. The molecule has 2 rings (SSSR count). The van der Waals surface area contributed by atoms with Crippen LogP contribution in [-0.4, -0.2) is 9.94 Å². The maximum atomic E-state index is 9.48. The van der Waals surface area contributed by atoms with Gasteiger partial charge < -0.3 is 5.21 Å². The minimum Gasteiger partial charge on any atom is -0.428 e. The predicted octanol–water partition coefficient (Wildman–Crippen LogP) is 2.26. The summed E-state index contributed by atoms with van der Waals surface area (Å²) >= 11 is 0. The molecule has 0 aliphatic carbocycles. The van der Waals surface area contributed by atoms with Gasteiger partial charge in [0.2, 0.25) is 0 Å². The van der Waals surface area contributed by atoms with Crippen molar-refractivity contribution in [2.45, 2.75) is 0 Å². The summed E-state index contributed by atoms with van der Waals surface area (Å²) in [6.45, 7) is 0. The van der Waals surface area contributed by atoms with E-state index in [4.69, 9.17) is 5.26 Å². The topological polar surface area (TPSA) is 49.0 Å². The Kier molecular flexibility index (Phi) is 1.96. The zero-order valence-corrected chi connectivity index (χ0v) is 7.38. The van der Waals surface area contributed by atoms with Crippen LogP contribution >= 0.6 is 0 Å². The summed E-state index contributed by atoms with van der Waals surface area (Å²) in [6, 6.07) is 12.9. The molecule has 1 aromatic carbocycles. The lowest BCUT2D eigenvalue weighted by atomic mass is 10.1. The SMILES string of the molecule is N#Cc1ccn(O)c1-c1ccccc1. The van der Waals surface area contributed by atoms with Gasteiger partial charge in [-0.1, -0.05) is 30.3 Å². The number of benzene rings is 1. The highest BCUT2D eigenvalue weighted by Gasteiger charge is 2.09. The third kappa shape index (κ3) is 1.23. The Balaban J connectivity index is 2.63. The van der Waals surface area contributed by atoms with E-state index in [0.717, 1.165) is 10.3 Å². The van der Waals surface area contributed by atoms with Crippen molar-refractivity contribution < 1.29 is 5.21 Å². The highest BCUT2D eigenvalue weighted by Crippen LogP contribution is 2.22. The Hall–Kier alpha value is -2.21. The summed E-state index contributed by atoms with van der Waals surface area (Å²) in [5, 5.41) is 18.3. The van der Waals surface area contributed by atoms with Gasteiger partial charge in [-0.2, -0.15) is 9.99 Å². The van der Waals surface area contributed by atoms with Crippen LogP contribution in [0, 0.1) is 11.3 Å². The predicted molar refractivity (Wildman–Crippen MR) is 51.8 cm³/mol. The Morgan fingerprint density at radius 3 is 2.50 bits per heavy atom. The van der Waals surface area contributed by atoms with Gasteiger partial charge in [0.15, 0.2) is 0 Å². The molecule has 1 aromatic heterocycles. The Bertz CT molecular complexity index is 480. The number of nitriles is 1. The molecule has 2 aromatic rings. The summed E-state index contributed by atoms with van der Waals surface area (Å²) in [6.07, 6.45) is 1.46. The van der Waals surface area contributed by atoms with Crippen LogP contribution in [0.25, 0.3) is 11.3 Å². The summed E-state index contributed by atoms with van der Waals surface area (Å²) in [4.78, 5) is 0. The second-order valence-corrected chi connectivity index (χ2v) is 2.90. The zero-order valence-electron chi connectivity index (χ0n) is 7.38. The molecule has 0 spiro atoms. The van der Waals surface area contributed by atoms with Gasteiger partial charge in [-0.15, -0.1) is 0 Å². The van der Waals surface area contributed by atoms with Gasteiger partial charge in [0, 0.05) is 11.8 Å². The molecule has 0 aliphatic rings. The molecule has 0 amide bonds. The van der Waals surface area contributed by atoms with E-state index >= 15 is 0 Å². The Labute approximate surface area is 81.4 Å². The van der Waals surface area contributed by atoms with E-state index < -0.39 is 0 Å². The molecule has 1 N–H and O–H groups in total. The molecule has 0 aliphatic heterocycles. The van der Waals surface area contributed by atoms with Crippen LogP contribution in [0.15, 0.2) is 42.6 Å². The zero-order chi connectivity index (χ0) is 9.97. The maximum Gasteiger partial charge on any atom is 0.104 e. The van der Waals surface area contributed by atoms with Gasteiger partial charge in [0.25, 0.3) is 0 Å². The average Bonchev–Trinajstić information content (AvgIpc) is 2.61. The fourth-order valence-electron chi connectivity index (χ4n) is 1.40. The number of aromatic nitrogens is 1. The summed E-state index contributed by atoms with van der Waals surface area (Å²) < 4.78 is 0.966. The minimum atomic E-state index is 0.471. The van der Waals surface area contributed by atoms with Crippen molar-refractivity contribution in [3.05, 3.63) is 48.2 Å². The molecule has 0 saturated carbocycles. The molecule has 0 unspecified atom stereocenters. The molecule has 1 heterocycles. The fourth-order valence-corrected chi connectivity index (χ4v) is 1.40. The van der Waals surface area contributed by atoms with Gasteiger partial charge in [-0.05, 0) is 6.07 Å². The lowest BCUT2D eigenvalue weighted by Crippen LogP contribution is -1.92. The molecular formula is C11H8N2O. The van der Waals surface area contributed by atoms with Crippen molar-refractivity contribution in [3.8, 4) is 17.3 Å². The van der Waals surface area contributed by atoms with E-state index in [1.165, 1.54) is 6.20 Å². The van der Waals surface area contributed by atoms with Gasteiger partial charge in [-0.3, -0.25) is 0 Å². The second-order valence-electron chi connectivity index (χ2n) is 2.90. The van der Waals surface area contributed by atoms with Crippen LogP contribution < -0.4 is 0 Å². The molecule has 14 heavy (non-hydrogen) atoms.